The highest BCUT2D eigenvalue weighted by atomic mass is 32.2. The Morgan fingerprint density at radius 3 is 2.05 bits per heavy atom. The fourth-order valence-corrected chi connectivity index (χ4v) is 3.89. The van der Waals surface area contributed by atoms with Crippen LogP contribution in [0.2, 0.25) is 0 Å². The van der Waals surface area contributed by atoms with Crippen molar-refractivity contribution in [2.75, 3.05) is 0 Å². The highest BCUT2D eigenvalue weighted by molar-refractivity contribution is 7.91. The van der Waals surface area contributed by atoms with E-state index in [1.54, 1.807) is 39.8 Å². The summed E-state index contributed by atoms with van der Waals surface area (Å²) in [4.78, 5) is -0.371. The molecule has 2 aromatic rings. The number of aryl methyl sites for hydroxylation is 3. The Bertz CT molecular complexity index is 821. The van der Waals surface area contributed by atoms with Crippen LogP contribution in [0.4, 0.5) is 0 Å². The number of aromatic hydroxyl groups is 2. The van der Waals surface area contributed by atoms with Crippen molar-refractivity contribution in [2.24, 2.45) is 0 Å². The normalized spacial score (nSPS) is 11.6. The average Bonchev–Trinajstić information content (AvgIpc) is 2.39. The van der Waals surface area contributed by atoms with Crippen LogP contribution in [0.5, 0.6) is 11.5 Å². The zero-order valence-corrected chi connectivity index (χ0v) is 13.2. The molecule has 2 rings (SSSR count). The molecular weight excluding hydrogens is 288 g/mol. The van der Waals surface area contributed by atoms with Crippen molar-refractivity contribution in [3.05, 3.63) is 46.5 Å². The summed E-state index contributed by atoms with van der Waals surface area (Å²) >= 11 is 0. The second-order valence-electron chi connectivity index (χ2n) is 5.29. The Balaban J connectivity index is 2.78. The highest BCUT2D eigenvalue weighted by Gasteiger charge is 2.27. The first-order chi connectivity index (χ1) is 9.66. The molecule has 0 amide bonds. The van der Waals surface area contributed by atoms with E-state index in [4.69, 9.17) is 0 Å². The van der Waals surface area contributed by atoms with Crippen LogP contribution >= 0.6 is 0 Å². The average molecular weight is 306 g/mol. The quantitative estimate of drug-likeness (QED) is 0.893. The van der Waals surface area contributed by atoms with E-state index in [1.165, 1.54) is 12.1 Å². The molecule has 0 bridgehead atoms. The van der Waals surface area contributed by atoms with E-state index in [1.807, 2.05) is 0 Å². The second kappa shape index (κ2) is 5.07. The number of rotatable bonds is 2. The Kier molecular flexibility index (Phi) is 3.72. The lowest BCUT2D eigenvalue weighted by Crippen LogP contribution is -2.05. The number of hydrogen-bond acceptors (Lipinski definition) is 4. The second-order valence-corrected chi connectivity index (χ2v) is 7.17. The molecule has 5 heteroatoms. The van der Waals surface area contributed by atoms with Gasteiger partial charge in [-0.2, -0.15) is 0 Å². The number of phenolic OH excluding ortho intramolecular Hbond substituents is 2. The summed E-state index contributed by atoms with van der Waals surface area (Å²) in [5.41, 5.74) is 2.53. The molecule has 0 radical (unpaired) electrons. The highest BCUT2D eigenvalue weighted by Crippen LogP contribution is 2.37. The van der Waals surface area contributed by atoms with Crippen molar-refractivity contribution in [3.8, 4) is 11.5 Å². The lowest BCUT2D eigenvalue weighted by Gasteiger charge is -2.13. The van der Waals surface area contributed by atoms with Gasteiger partial charge in [0.15, 0.2) is 0 Å². The molecule has 0 fully saturated rings. The fourth-order valence-electron chi connectivity index (χ4n) is 2.24. The minimum Gasteiger partial charge on any atom is -0.506 e. The lowest BCUT2D eigenvalue weighted by atomic mass is 10.1. The van der Waals surface area contributed by atoms with Gasteiger partial charge in [0.25, 0.3) is 0 Å². The van der Waals surface area contributed by atoms with Gasteiger partial charge in [-0.1, -0.05) is 12.1 Å². The van der Waals surface area contributed by atoms with Gasteiger partial charge in [-0.15, -0.1) is 0 Å². The van der Waals surface area contributed by atoms with E-state index in [9.17, 15) is 18.6 Å². The van der Waals surface area contributed by atoms with Gasteiger partial charge in [-0.3, -0.25) is 0 Å². The summed E-state index contributed by atoms with van der Waals surface area (Å²) in [5, 5.41) is 20.2. The standard InChI is InChI=1S/C16H18O4S/c1-9-7-11(3)15(17)14(8-9)21(19,20)13-6-5-10(2)12(4)16(13)18/h5-8,17-18H,1-4H3. The molecular formula is C16H18O4S. The maximum Gasteiger partial charge on any atom is 0.213 e. The molecule has 0 aromatic heterocycles. The summed E-state index contributed by atoms with van der Waals surface area (Å²) in [6, 6.07) is 6.12. The lowest BCUT2D eigenvalue weighted by molar-refractivity contribution is 0.448. The van der Waals surface area contributed by atoms with Crippen LogP contribution in [-0.2, 0) is 9.84 Å². The molecule has 2 aromatic carbocycles. The van der Waals surface area contributed by atoms with Crippen LogP contribution in [0.3, 0.4) is 0 Å². The first kappa shape index (κ1) is 15.4. The van der Waals surface area contributed by atoms with Crippen LogP contribution in [0.25, 0.3) is 0 Å². The Labute approximate surface area is 124 Å². The number of phenols is 2. The van der Waals surface area contributed by atoms with E-state index in [-0.39, 0.29) is 21.3 Å². The number of hydrogen-bond donors (Lipinski definition) is 2. The predicted octanol–water partition coefficient (Wildman–Crippen LogP) is 3.16. The van der Waals surface area contributed by atoms with E-state index in [0.717, 1.165) is 11.1 Å². The van der Waals surface area contributed by atoms with Crippen LogP contribution < -0.4 is 0 Å². The maximum absolute atomic E-state index is 12.7. The molecule has 0 aliphatic rings. The van der Waals surface area contributed by atoms with Gasteiger partial charge in [0, 0.05) is 0 Å². The van der Waals surface area contributed by atoms with Crippen molar-refractivity contribution < 1.29 is 18.6 Å². The molecule has 0 saturated carbocycles. The summed E-state index contributed by atoms with van der Waals surface area (Å²) < 4.78 is 25.4. The van der Waals surface area contributed by atoms with Crippen LogP contribution in [0, 0.1) is 27.7 Å². The van der Waals surface area contributed by atoms with Crippen molar-refractivity contribution in [1.29, 1.82) is 0 Å². The van der Waals surface area contributed by atoms with Gasteiger partial charge in [0.2, 0.25) is 9.84 Å². The molecule has 0 unspecified atom stereocenters. The first-order valence-electron chi connectivity index (χ1n) is 6.50. The molecule has 0 heterocycles. The van der Waals surface area contributed by atoms with Crippen LogP contribution in [-0.4, -0.2) is 18.6 Å². The summed E-state index contributed by atoms with van der Waals surface area (Å²) in [6.45, 7) is 6.85. The predicted molar refractivity (Wildman–Crippen MR) is 80.6 cm³/mol. The summed E-state index contributed by atoms with van der Waals surface area (Å²) in [6.07, 6.45) is 0. The zero-order valence-electron chi connectivity index (χ0n) is 12.4. The minimum atomic E-state index is -3.98. The van der Waals surface area contributed by atoms with Gasteiger partial charge in [-0.25, -0.2) is 8.42 Å². The molecule has 0 atom stereocenters. The molecule has 112 valence electrons. The van der Waals surface area contributed by atoms with Gasteiger partial charge < -0.3 is 10.2 Å². The number of sulfone groups is 1. The molecule has 2 N–H and O–H groups in total. The Hall–Kier alpha value is -2.01. The minimum absolute atomic E-state index is 0.182. The molecule has 0 saturated heterocycles. The van der Waals surface area contributed by atoms with Crippen LogP contribution in [0.15, 0.2) is 34.1 Å². The number of benzene rings is 2. The summed E-state index contributed by atoms with van der Waals surface area (Å²) in [5.74, 6) is -0.549. The largest absolute Gasteiger partial charge is 0.506 e. The third-order valence-electron chi connectivity index (χ3n) is 3.65. The molecule has 0 aliphatic carbocycles. The smallest absolute Gasteiger partial charge is 0.213 e. The van der Waals surface area contributed by atoms with Crippen molar-refractivity contribution in [3.63, 3.8) is 0 Å². The van der Waals surface area contributed by atoms with Gasteiger partial charge >= 0.3 is 0 Å². The van der Waals surface area contributed by atoms with E-state index >= 15 is 0 Å². The van der Waals surface area contributed by atoms with Crippen molar-refractivity contribution in [2.45, 2.75) is 37.5 Å². The van der Waals surface area contributed by atoms with Crippen molar-refractivity contribution in [1.82, 2.24) is 0 Å². The fraction of sp³-hybridized carbons (Fsp3) is 0.250. The molecule has 21 heavy (non-hydrogen) atoms. The third-order valence-corrected chi connectivity index (χ3v) is 5.45. The summed E-state index contributed by atoms with van der Waals surface area (Å²) in [7, 11) is -3.98. The first-order valence-corrected chi connectivity index (χ1v) is 7.99. The Morgan fingerprint density at radius 2 is 1.43 bits per heavy atom. The topological polar surface area (TPSA) is 74.6 Å². The molecule has 4 nitrogen and oxygen atoms in total. The van der Waals surface area contributed by atoms with Gasteiger partial charge in [-0.05, 0) is 62.1 Å². The molecule has 0 spiro atoms. The van der Waals surface area contributed by atoms with Crippen LogP contribution in [0.1, 0.15) is 22.3 Å². The van der Waals surface area contributed by atoms with E-state index in [2.05, 4.69) is 0 Å². The van der Waals surface area contributed by atoms with Crippen molar-refractivity contribution >= 4 is 9.84 Å². The Morgan fingerprint density at radius 1 is 0.810 bits per heavy atom. The third kappa shape index (κ3) is 2.49. The molecule has 0 aliphatic heterocycles. The SMILES string of the molecule is Cc1cc(C)c(O)c(S(=O)(=O)c2ccc(C)c(C)c2O)c1. The van der Waals surface area contributed by atoms with Gasteiger partial charge in [0.1, 0.15) is 21.3 Å². The van der Waals surface area contributed by atoms with E-state index in [0.29, 0.717) is 11.1 Å². The van der Waals surface area contributed by atoms with Gasteiger partial charge in [0.05, 0.1) is 0 Å². The zero-order chi connectivity index (χ0) is 15.9. The monoisotopic (exact) mass is 306 g/mol. The maximum atomic E-state index is 12.7. The van der Waals surface area contributed by atoms with E-state index < -0.39 is 9.84 Å².